The van der Waals surface area contributed by atoms with Gasteiger partial charge in [0.25, 0.3) is 0 Å². The number of carboxylic acids is 1. The van der Waals surface area contributed by atoms with Gasteiger partial charge in [-0.1, -0.05) is 17.7 Å². The minimum Gasteiger partial charge on any atom is -0.478 e. The summed E-state index contributed by atoms with van der Waals surface area (Å²) in [5.41, 5.74) is 1.42. The molecule has 1 N–H and O–H groups in total. The Morgan fingerprint density at radius 2 is 1.68 bits per heavy atom. The summed E-state index contributed by atoms with van der Waals surface area (Å²) in [5, 5.41) is 9.13. The molecule has 0 saturated carbocycles. The van der Waals surface area contributed by atoms with E-state index in [0.29, 0.717) is 11.3 Å². The maximum Gasteiger partial charge on any atom is 0.335 e. The number of ether oxygens (including phenoxy) is 1. The van der Waals surface area contributed by atoms with Gasteiger partial charge in [0.2, 0.25) is 0 Å². The summed E-state index contributed by atoms with van der Waals surface area (Å²) < 4.78 is 29.5. The van der Waals surface area contributed by atoms with Crippen LogP contribution in [0, 0.1) is 13.8 Å². The molecule has 0 amide bonds. The zero-order chi connectivity index (χ0) is 16.5. The molecular weight excluding hydrogens is 304 g/mol. The quantitative estimate of drug-likeness (QED) is 0.935. The predicted molar refractivity (Wildman–Crippen MR) is 82.5 cm³/mol. The number of rotatable bonds is 4. The van der Waals surface area contributed by atoms with Gasteiger partial charge in [0.05, 0.1) is 5.56 Å². The standard InChI is InChI=1S/C16H16O5S/c1-10-4-6-12(7-5-10)21-14-8-11(2)13(16(17)18)9-15(14)22(3,19)20/h4-9H,1-3H3,(H,17,18). The van der Waals surface area contributed by atoms with E-state index < -0.39 is 15.8 Å². The van der Waals surface area contributed by atoms with Gasteiger partial charge in [-0.15, -0.1) is 0 Å². The van der Waals surface area contributed by atoms with Crippen molar-refractivity contribution < 1.29 is 23.1 Å². The minimum absolute atomic E-state index is 0.0586. The summed E-state index contributed by atoms with van der Waals surface area (Å²) in [7, 11) is -3.62. The molecule has 2 rings (SSSR count). The second kappa shape index (κ2) is 5.81. The van der Waals surface area contributed by atoms with Crippen molar-refractivity contribution in [3.63, 3.8) is 0 Å². The predicted octanol–water partition coefficient (Wildman–Crippen LogP) is 3.20. The highest BCUT2D eigenvalue weighted by molar-refractivity contribution is 7.90. The Kier molecular flexibility index (Phi) is 4.23. The number of benzene rings is 2. The van der Waals surface area contributed by atoms with E-state index >= 15 is 0 Å². The summed E-state index contributed by atoms with van der Waals surface area (Å²) >= 11 is 0. The molecule has 0 radical (unpaired) electrons. The summed E-state index contributed by atoms with van der Waals surface area (Å²) in [6.45, 7) is 3.52. The lowest BCUT2D eigenvalue weighted by Crippen LogP contribution is -2.06. The molecule has 0 fully saturated rings. The topological polar surface area (TPSA) is 80.7 Å². The average Bonchev–Trinajstić information content (AvgIpc) is 2.39. The highest BCUT2D eigenvalue weighted by Gasteiger charge is 2.20. The number of carboxylic acid groups (broad SMARTS) is 1. The van der Waals surface area contributed by atoms with E-state index in [2.05, 4.69) is 0 Å². The molecule has 0 aliphatic carbocycles. The van der Waals surface area contributed by atoms with Gasteiger partial charge in [0.15, 0.2) is 9.84 Å². The second-order valence-corrected chi connectivity index (χ2v) is 7.09. The fourth-order valence-electron chi connectivity index (χ4n) is 1.99. The first-order valence-corrected chi connectivity index (χ1v) is 8.40. The molecule has 0 spiro atoms. The third kappa shape index (κ3) is 3.46. The Hall–Kier alpha value is -2.34. The Morgan fingerprint density at radius 1 is 1.09 bits per heavy atom. The number of aromatic carboxylic acids is 1. The lowest BCUT2D eigenvalue weighted by molar-refractivity contribution is 0.0696. The van der Waals surface area contributed by atoms with Gasteiger partial charge in [-0.25, -0.2) is 13.2 Å². The molecule has 0 aliphatic heterocycles. The molecule has 0 aromatic heterocycles. The molecule has 2 aromatic carbocycles. The zero-order valence-corrected chi connectivity index (χ0v) is 13.3. The fourth-order valence-corrected chi connectivity index (χ4v) is 2.79. The third-order valence-corrected chi connectivity index (χ3v) is 4.29. The van der Waals surface area contributed by atoms with Crippen molar-refractivity contribution >= 4 is 15.8 Å². The zero-order valence-electron chi connectivity index (χ0n) is 12.5. The van der Waals surface area contributed by atoms with Crippen LogP contribution in [0.1, 0.15) is 21.5 Å². The van der Waals surface area contributed by atoms with Gasteiger partial charge in [0, 0.05) is 6.26 Å². The van der Waals surface area contributed by atoms with Gasteiger partial charge in [-0.3, -0.25) is 0 Å². The number of hydrogen-bond donors (Lipinski definition) is 1. The minimum atomic E-state index is -3.62. The molecule has 0 aliphatic rings. The summed E-state index contributed by atoms with van der Waals surface area (Å²) in [5.74, 6) is -0.573. The Bertz CT molecular complexity index is 820. The van der Waals surface area contributed by atoms with Gasteiger partial charge < -0.3 is 9.84 Å². The van der Waals surface area contributed by atoms with E-state index in [0.717, 1.165) is 17.9 Å². The van der Waals surface area contributed by atoms with Crippen LogP contribution in [0.4, 0.5) is 0 Å². The van der Waals surface area contributed by atoms with Gasteiger partial charge in [0.1, 0.15) is 16.4 Å². The first kappa shape index (κ1) is 16.0. The molecule has 0 heterocycles. The number of carbonyl (C=O) groups is 1. The van der Waals surface area contributed by atoms with E-state index in [1.165, 1.54) is 6.07 Å². The summed E-state index contributed by atoms with van der Waals surface area (Å²) in [6.07, 6.45) is 1.02. The lowest BCUT2D eigenvalue weighted by atomic mass is 10.1. The van der Waals surface area contributed by atoms with Crippen molar-refractivity contribution in [3.8, 4) is 11.5 Å². The van der Waals surface area contributed by atoms with Crippen LogP contribution in [0.5, 0.6) is 11.5 Å². The van der Waals surface area contributed by atoms with Crippen LogP contribution >= 0.6 is 0 Å². The normalized spacial score (nSPS) is 11.2. The molecule has 0 bridgehead atoms. The maximum absolute atomic E-state index is 11.9. The number of hydrogen-bond acceptors (Lipinski definition) is 4. The average molecular weight is 320 g/mol. The summed E-state index contributed by atoms with van der Waals surface area (Å²) in [6, 6.07) is 9.70. The van der Waals surface area contributed by atoms with Gasteiger partial charge in [-0.2, -0.15) is 0 Å². The first-order chi connectivity index (χ1) is 10.2. The van der Waals surface area contributed by atoms with E-state index in [1.807, 2.05) is 19.1 Å². The number of sulfone groups is 1. The van der Waals surface area contributed by atoms with Crippen LogP contribution < -0.4 is 4.74 Å². The van der Waals surface area contributed by atoms with Crippen molar-refractivity contribution in [1.82, 2.24) is 0 Å². The number of aryl methyl sites for hydroxylation is 2. The molecule has 6 heteroatoms. The van der Waals surface area contributed by atoms with Crippen molar-refractivity contribution in [2.75, 3.05) is 6.26 Å². The Morgan fingerprint density at radius 3 is 2.18 bits per heavy atom. The van der Waals surface area contributed by atoms with Crippen molar-refractivity contribution in [3.05, 3.63) is 53.1 Å². The Balaban J connectivity index is 2.57. The molecule has 0 unspecified atom stereocenters. The van der Waals surface area contributed by atoms with Crippen LogP contribution in [-0.4, -0.2) is 25.7 Å². The van der Waals surface area contributed by atoms with E-state index in [4.69, 9.17) is 9.84 Å². The van der Waals surface area contributed by atoms with E-state index in [-0.39, 0.29) is 16.2 Å². The van der Waals surface area contributed by atoms with Crippen molar-refractivity contribution in [2.24, 2.45) is 0 Å². The molecule has 0 atom stereocenters. The van der Waals surface area contributed by atoms with Crippen LogP contribution in [0.2, 0.25) is 0 Å². The third-order valence-electron chi connectivity index (χ3n) is 3.17. The van der Waals surface area contributed by atoms with E-state index in [1.54, 1.807) is 19.1 Å². The van der Waals surface area contributed by atoms with Crippen LogP contribution in [0.25, 0.3) is 0 Å². The van der Waals surface area contributed by atoms with Gasteiger partial charge >= 0.3 is 5.97 Å². The molecule has 0 saturated heterocycles. The van der Waals surface area contributed by atoms with Crippen LogP contribution in [0.15, 0.2) is 41.3 Å². The second-order valence-electron chi connectivity index (χ2n) is 5.11. The molecule has 2 aromatic rings. The van der Waals surface area contributed by atoms with Crippen LogP contribution in [0.3, 0.4) is 0 Å². The van der Waals surface area contributed by atoms with Crippen molar-refractivity contribution in [1.29, 1.82) is 0 Å². The maximum atomic E-state index is 11.9. The smallest absolute Gasteiger partial charge is 0.335 e. The first-order valence-electron chi connectivity index (χ1n) is 6.51. The molecule has 116 valence electrons. The van der Waals surface area contributed by atoms with Crippen LogP contribution in [-0.2, 0) is 9.84 Å². The molecule has 5 nitrogen and oxygen atoms in total. The SMILES string of the molecule is Cc1ccc(Oc2cc(C)c(C(=O)O)cc2S(C)(=O)=O)cc1. The highest BCUT2D eigenvalue weighted by atomic mass is 32.2. The van der Waals surface area contributed by atoms with Crippen molar-refractivity contribution in [2.45, 2.75) is 18.7 Å². The molecule has 22 heavy (non-hydrogen) atoms. The lowest BCUT2D eigenvalue weighted by Gasteiger charge is -2.13. The highest BCUT2D eigenvalue weighted by Crippen LogP contribution is 2.32. The Labute approximate surface area is 129 Å². The summed E-state index contributed by atoms with van der Waals surface area (Å²) in [4.78, 5) is 11.0. The van der Waals surface area contributed by atoms with Gasteiger partial charge in [-0.05, 0) is 43.7 Å². The largest absolute Gasteiger partial charge is 0.478 e. The molecular formula is C16H16O5S. The monoisotopic (exact) mass is 320 g/mol. The van der Waals surface area contributed by atoms with E-state index in [9.17, 15) is 13.2 Å². The fraction of sp³-hybridized carbons (Fsp3) is 0.188.